The zero-order chi connectivity index (χ0) is 12.2. The van der Waals surface area contributed by atoms with Crippen molar-refractivity contribution in [3.63, 3.8) is 0 Å². The standard InChI is InChI=1S/C9H16FNO4S/c10-5-1-2-7-16(14,15)11-6-3-4-8(11)9(12)13/h8H,1-7H2,(H,12,13). The number of rotatable bonds is 6. The van der Waals surface area contributed by atoms with Gasteiger partial charge in [-0.25, -0.2) is 8.42 Å². The molecule has 16 heavy (non-hydrogen) atoms. The summed E-state index contributed by atoms with van der Waals surface area (Å²) in [6.45, 7) is -0.285. The third-order valence-electron chi connectivity index (χ3n) is 2.63. The molecule has 0 bridgehead atoms. The smallest absolute Gasteiger partial charge is 0.322 e. The van der Waals surface area contributed by atoms with E-state index in [0.717, 1.165) is 4.31 Å². The molecule has 0 saturated carbocycles. The number of carbonyl (C=O) groups is 1. The van der Waals surface area contributed by atoms with Crippen LogP contribution in [0, 0.1) is 0 Å². The molecule has 5 nitrogen and oxygen atoms in total. The van der Waals surface area contributed by atoms with Crippen LogP contribution in [0.3, 0.4) is 0 Å². The first-order valence-electron chi connectivity index (χ1n) is 5.27. The highest BCUT2D eigenvalue weighted by molar-refractivity contribution is 7.89. The topological polar surface area (TPSA) is 74.7 Å². The van der Waals surface area contributed by atoms with E-state index in [-0.39, 0.29) is 25.1 Å². The monoisotopic (exact) mass is 253 g/mol. The molecule has 1 saturated heterocycles. The maximum Gasteiger partial charge on any atom is 0.322 e. The van der Waals surface area contributed by atoms with Crippen LogP contribution in [0.15, 0.2) is 0 Å². The minimum Gasteiger partial charge on any atom is -0.480 e. The summed E-state index contributed by atoms with van der Waals surface area (Å²) in [6.07, 6.45) is 1.36. The highest BCUT2D eigenvalue weighted by Crippen LogP contribution is 2.22. The molecule has 0 aliphatic carbocycles. The van der Waals surface area contributed by atoms with Crippen molar-refractivity contribution < 1.29 is 22.7 Å². The van der Waals surface area contributed by atoms with E-state index in [0.29, 0.717) is 12.8 Å². The Hall–Kier alpha value is -0.690. The maximum absolute atomic E-state index is 11.8. The van der Waals surface area contributed by atoms with Crippen molar-refractivity contribution in [2.24, 2.45) is 0 Å². The first-order chi connectivity index (χ1) is 7.49. The van der Waals surface area contributed by atoms with Crippen molar-refractivity contribution in [2.45, 2.75) is 31.7 Å². The van der Waals surface area contributed by atoms with Crippen molar-refractivity contribution in [1.29, 1.82) is 0 Å². The Morgan fingerprint density at radius 1 is 1.44 bits per heavy atom. The van der Waals surface area contributed by atoms with Gasteiger partial charge in [0.05, 0.1) is 12.4 Å². The van der Waals surface area contributed by atoms with Crippen molar-refractivity contribution in [3.05, 3.63) is 0 Å². The first-order valence-corrected chi connectivity index (χ1v) is 6.88. The number of alkyl halides is 1. The van der Waals surface area contributed by atoms with E-state index in [9.17, 15) is 17.6 Å². The van der Waals surface area contributed by atoms with Crippen LogP contribution >= 0.6 is 0 Å². The Morgan fingerprint density at radius 2 is 2.12 bits per heavy atom. The summed E-state index contributed by atoms with van der Waals surface area (Å²) in [4.78, 5) is 10.8. The van der Waals surface area contributed by atoms with E-state index < -0.39 is 28.7 Å². The largest absolute Gasteiger partial charge is 0.480 e. The molecular formula is C9H16FNO4S. The zero-order valence-electron chi connectivity index (χ0n) is 8.93. The summed E-state index contributed by atoms with van der Waals surface area (Å²) in [5, 5.41) is 8.85. The molecule has 1 aliphatic rings. The van der Waals surface area contributed by atoms with Crippen LogP contribution < -0.4 is 0 Å². The molecule has 0 radical (unpaired) electrons. The molecule has 1 heterocycles. The molecule has 0 amide bonds. The quantitative estimate of drug-likeness (QED) is 0.704. The Balaban J connectivity index is 2.63. The van der Waals surface area contributed by atoms with Gasteiger partial charge in [-0.05, 0) is 25.7 Å². The van der Waals surface area contributed by atoms with Gasteiger partial charge in [-0.15, -0.1) is 0 Å². The lowest BCUT2D eigenvalue weighted by Gasteiger charge is -2.20. The predicted octanol–water partition coefficient (Wildman–Crippen LogP) is 0.615. The molecule has 1 fully saturated rings. The fourth-order valence-electron chi connectivity index (χ4n) is 1.82. The number of carboxylic acid groups (broad SMARTS) is 1. The summed E-state index contributed by atoms with van der Waals surface area (Å²) in [6, 6.07) is -0.935. The van der Waals surface area contributed by atoms with Gasteiger partial charge in [0, 0.05) is 6.54 Å². The number of halogens is 1. The highest BCUT2D eigenvalue weighted by Gasteiger charge is 2.37. The second-order valence-electron chi connectivity index (χ2n) is 3.82. The van der Waals surface area contributed by atoms with Crippen LogP contribution in [0.2, 0.25) is 0 Å². The van der Waals surface area contributed by atoms with Crippen LogP contribution in [0.25, 0.3) is 0 Å². The lowest BCUT2D eigenvalue weighted by molar-refractivity contribution is -0.140. The molecule has 1 unspecified atom stereocenters. The van der Waals surface area contributed by atoms with E-state index in [1.165, 1.54) is 0 Å². The van der Waals surface area contributed by atoms with Gasteiger partial charge >= 0.3 is 5.97 Å². The summed E-state index contributed by atoms with van der Waals surface area (Å²) in [5.41, 5.74) is 0. The van der Waals surface area contributed by atoms with Crippen molar-refractivity contribution >= 4 is 16.0 Å². The molecule has 0 aromatic carbocycles. The van der Waals surface area contributed by atoms with Crippen LogP contribution in [-0.2, 0) is 14.8 Å². The number of aliphatic carboxylic acids is 1. The van der Waals surface area contributed by atoms with Crippen LogP contribution in [-0.4, -0.2) is 48.8 Å². The van der Waals surface area contributed by atoms with Gasteiger partial charge < -0.3 is 5.11 Å². The number of hydrogen-bond acceptors (Lipinski definition) is 3. The Kier molecular flexibility index (Phi) is 4.67. The fraction of sp³-hybridized carbons (Fsp3) is 0.889. The minimum absolute atomic E-state index is 0.166. The maximum atomic E-state index is 11.8. The third-order valence-corrected chi connectivity index (χ3v) is 4.59. The molecule has 0 spiro atoms. The Labute approximate surface area is 94.3 Å². The summed E-state index contributed by atoms with van der Waals surface area (Å²) in [7, 11) is -3.54. The number of sulfonamides is 1. The van der Waals surface area contributed by atoms with Crippen LogP contribution in [0.1, 0.15) is 25.7 Å². The van der Waals surface area contributed by atoms with E-state index in [2.05, 4.69) is 0 Å². The molecule has 7 heteroatoms. The van der Waals surface area contributed by atoms with E-state index in [1.807, 2.05) is 0 Å². The Morgan fingerprint density at radius 3 is 2.69 bits per heavy atom. The molecule has 1 atom stereocenters. The van der Waals surface area contributed by atoms with E-state index in [4.69, 9.17) is 5.11 Å². The second kappa shape index (κ2) is 5.58. The lowest BCUT2D eigenvalue weighted by atomic mass is 10.2. The van der Waals surface area contributed by atoms with Crippen LogP contribution in [0.4, 0.5) is 4.39 Å². The third kappa shape index (κ3) is 3.15. The van der Waals surface area contributed by atoms with E-state index >= 15 is 0 Å². The number of hydrogen-bond donors (Lipinski definition) is 1. The normalized spacial score (nSPS) is 22.4. The summed E-state index contributed by atoms with van der Waals surface area (Å²) < 4.78 is 36.4. The fourth-order valence-corrected chi connectivity index (χ4v) is 3.61. The van der Waals surface area contributed by atoms with Gasteiger partial charge in [-0.3, -0.25) is 9.18 Å². The van der Waals surface area contributed by atoms with Gasteiger partial charge in [-0.2, -0.15) is 4.31 Å². The number of nitrogens with zero attached hydrogens (tertiary/aromatic N) is 1. The molecular weight excluding hydrogens is 237 g/mol. The summed E-state index contributed by atoms with van der Waals surface area (Å²) in [5.74, 6) is -1.27. The van der Waals surface area contributed by atoms with Gasteiger partial charge in [0.2, 0.25) is 10.0 Å². The lowest BCUT2D eigenvalue weighted by Crippen LogP contribution is -2.41. The van der Waals surface area contributed by atoms with Gasteiger partial charge in [0.15, 0.2) is 0 Å². The SMILES string of the molecule is O=C(O)C1CCCN1S(=O)(=O)CCCCF. The average molecular weight is 253 g/mol. The molecule has 1 N–H and O–H groups in total. The second-order valence-corrected chi connectivity index (χ2v) is 5.86. The van der Waals surface area contributed by atoms with Crippen molar-refractivity contribution in [1.82, 2.24) is 4.31 Å². The number of unbranched alkanes of at least 4 members (excludes halogenated alkanes) is 1. The van der Waals surface area contributed by atoms with Crippen LogP contribution in [0.5, 0.6) is 0 Å². The first kappa shape index (κ1) is 13.4. The molecule has 0 aromatic rings. The van der Waals surface area contributed by atoms with Gasteiger partial charge in [0.25, 0.3) is 0 Å². The molecule has 1 aliphatic heterocycles. The minimum atomic E-state index is -3.54. The molecule has 0 aromatic heterocycles. The summed E-state index contributed by atoms with van der Waals surface area (Å²) >= 11 is 0. The Bertz CT molecular complexity index is 343. The molecule has 1 rings (SSSR count). The zero-order valence-corrected chi connectivity index (χ0v) is 9.75. The average Bonchev–Trinajstić information content (AvgIpc) is 2.66. The van der Waals surface area contributed by atoms with Crippen molar-refractivity contribution in [3.8, 4) is 0 Å². The number of carboxylic acids is 1. The predicted molar refractivity (Wildman–Crippen MR) is 56.4 cm³/mol. The van der Waals surface area contributed by atoms with Crippen molar-refractivity contribution in [2.75, 3.05) is 19.0 Å². The van der Waals surface area contributed by atoms with E-state index in [1.54, 1.807) is 0 Å². The molecule has 94 valence electrons. The van der Waals surface area contributed by atoms with Gasteiger partial charge in [-0.1, -0.05) is 0 Å². The highest BCUT2D eigenvalue weighted by atomic mass is 32.2. The van der Waals surface area contributed by atoms with Gasteiger partial charge in [0.1, 0.15) is 6.04 Å².